The molecule has 0 aliphatic rings. The van der Waals surface area contributed by atoms with Gasteiger partial charge < -0.3 is 5.32 Å². The van der Waals surface area contributed by atoms with E-state index in [2.05, 4.69) is 44.7 Å². The summed E-state index contributed by atoms with van der Waals surface area (Å²) in [4.78, 5) is 0.333. The largest absolute Gasteiger partial charge is 0.310 e. The minimum absolute atomic E-state index is 0.117. The fraction of sp³-hybridized carbons (Fsp3) is 0.625. The maximum absolute atomic E-state index is 12.3. The van der Waals surface area contributed by atoms with Crippen LogP contribution >= 0.6 is 0 Å². The highest BCUT2D eigenvalue weighted by Gasteiger charge is 2.16. The first-order valence-corrected chi connectivity index (χ1v) is 8.90. The van der Waals surface area contributed by atoms with Crippen LogP contribution in [0.2, 0.25) is 0 Å². The lowest BCUT2D eigenvalue weighted by atomic mass is 9.93. The molecule has 0 radical (unpaired) electrons. The lowest BCUT2D eigenvalue weighted by Crippen LogP contribution is -2.27. The Bertz CT molecular complexity index is 546. The highest BCUT2D eigenvalue weighted by atomic mass is 32.2. The van der Waals surface area contributed by atoms with Gasteiger partial charge in [0.1, 0.15) is 0 Å². The third-order valence-electron chi connectivity index (χ3n) is 3.09. The number of sulfonamides is 1. The van der Waals surface area contributed by atoms with E-state index in [1.807, 2.05) is 6.07 Å². The van der Waals surface area contributed by atoms with Crippen LogP contribution < -0.4 is 10.0 Å². The number of benzene rings is 1. The molecule has 0 aliphatic heterocycles. The molecular formula is C16H28N2O2S. The van der Waals surface area contributed by atoms with Crippen molar-refractivity contribution in [1.29, 1.82) is 0 Å². The van der Waals surface area contributed by atoms with Gasteiger partial charge in [-0.25, -0.2) is 13.1 Å². The molecule has 0 aliphatic carbocycles. The minimum Gasteiger partial charge on any atom is -0.310 e. The van der Waals surface area contributed by atoms with E-state index >= 15 is 0 Å². The summed E-state index contributed by atoms with van der Waals surface area (Å²) >= 11 is 0. The van der Waals surface area contributed by atoms with Crippen LogP contribution in [0, 0.1) is 5.41 Å². The SMILES string of the molecule is CC(C)NCc1cccc(S(=O)(=O)NCCC(C)(C)C)c1. The number of nitrogens with one attached hydrogen (secondary N) is 2. The zero-order valence-electron chi connectivity index (χ0n) is 13.7. The first kappa shape index (κ1) is 18.1. The van der Waals surface area contributed by atoms with E-state index in [-0.39, 0.29) is 5.41 Å². The summed E-state index contributed by atoms with van der Waals surface area (Å²) in [5, 5.41) is 3.29. The summed E-state index contributed by atoms with van der Waals surface area (Å²) in [6.07, 6.45) is 0.806. The fourth-order valence-electron chi connectivity index (χ4n) is 1.79. The van der Waals surface area contributed by atoms with Crippen LogP contribution in [0.3, 0.4) is 0 Å². The smallest absolute Gasteiger partial charge is 0.240 e. The van der Waals surface area contributed by atoms with Gasteiger partial charge in [0.15, 0.2) is 0 Å². The quantitative estimate of drug-likeness (QED) is 0.814. The maximum atomic E-state index is 12.3. The zero-order chi connectivity index (χ0) is 16.1. The Hall–Kier alpha value is -0.910. The van der Waals surface area contributed by atoms with E-state index in [4.69, 9.17) is 0 Å². The standard InChI is InChI=1S/C16H28N2O2S/c1-13(2)17-12-14-7-6-8-15(11-14)21(19,20)18-10-9-16(3,4)5/h6-8,11,13,17-18H,9-10,12H2,1-5H3. The van der Waals surface area contributed by atoms with E-state index in [1.165, 1.54) is 0 Å². The van der Waals surface area contributed by atoms with Crippen LogP contribution in [0.25, 0.3) is 0 Å². The van der Waals surface area contributed by atoms with Gasteiger partial charge in [0.2, 0.25) is 10.0 Å². The normalized spacial score (nSPS) is 12.9. The first-order valence-electron chi connectivity index (χ1n) is 7.42. The Balaban J connectivity index is 2.72. The highest BCUT2D eigenvalue weighted by molar-refractivity contribution is 7.89. The molecule has 1 rings (SSSR count). The van der Waals surface area contributed by atoms with Crippen molar-refractivity contribution in [3.8, 4) is 0 Å². The Morgan fingerprint density at radius 1 is 1.19 bits per heavy atom. The summed E-state index contributed by atoms with van der Waals surface area (Å²) < 4.78 is 27.2. The lowest BCUT2D eigenvalue weighted by Gasteiger charge is -2.18. The average Bonchev–Trinajstić information content (AvgIpc) is 2.35. The number of hydrogen-bond donors (Lipinski definition) is 2. The molecule has 5 heteroatoms. The van der Waals surface area contributed by atoms with Crippen molar-refractivity contribution >= 4 is 10.0 Å². The van der Waals surface area contributed by atoms with Crippen LogP contribution in [0.5, 0.6) is 0 Å². The molecule has 0 saturated carbocycles. The first-order chi connectivity index (χ1) is 9.60. The Morgan fingerprint density at radius 3 is 2.43 bits per heavy atom. The predicted octanol–water partition coefficient (Wildman–Crippen LogP) is 2.90. The molecule has 0 unspecified atom stereocenters. The van der Waals surface area contributed by atoms with Crippen molar-refractivity contribution in [2.24, 2.45) is 5.41 Å². The van der Waals surface area contributed by atoms with Crippen molar-refractivity contribution in [1.82, 2.24) is 10.0 Å². The molecule has 0 bridgehead atoms. The molecular weight excluding hydrogens is 284 g/mol. The second-order valence-electron chi connectivity index (χ2n) is 6.89. The zero-order valence-corrected chi connectivity index (χ0v) is 14.5. The van der Waals surface area contributed by atoms with Crippen LogP contribution in [0.4, 0.5) is 0 Å². The van der Waals surface area contributed by atoms with E-state index in [9.17, 15) is 8.42 Å². The fourth-order valence-corrected chi connectivity index (χ4v) is 2.89. The monoisotopic (exact) mass is 312 g/mol. The van der Waals surface area contributed by atoms with Gasteiger partial charge in [0.05, 0.1) is 4.90 Å². The molecule has 0 spiro atoms. The Kier molecular flexibility index (Phi) is 6.38. The number of hydrogen-bond acceptors (Lipinski definition) is 3. The average molecular weight is 312 g/mol. The van der Waals surface area contributed by atoms with Gasteiger partial charge in [0.25, 0.3) is 0 Å². The van der Waals surface area contributed by atoms with E-state index in [0.717, 1.165) is 12.0 Å². The Labute approximate surface area is 129 Å². The van der Waals surface area contributed by atoms with Gasteiger partial charge >= 0.3 is 0 Å². The van der Waals surface area contributed by atoms with E-state index in [0.29, 0.717) is 24.0 Å². The number of rotatable bonds is 7. The molecule has 4 nitrogen and oxygen atoms in total. The second kappa shape index (κ2) is 7.38. The summed E-state index contributed by atoms with van der Waals surface area (Å²) in [6, 6.07) is 7.46. The van der Waals surface area contributed by atoms with Crippen molar-refractivity contribution in [2.75, 3.05) is 6.54 Å². The molecule has 2 N–H and O–H groups in total. The molecule has 0 atom stereocenters. The van der Waals surface area contributed by atoms with Crippen LogP contribution in [-0.4, -0.2) is 21.0 Å². The molecule has 0 aromatic heterocycles. The third kappa shape index (κ3) is 7.07. The molecule has 21 heavy (non-hydrogen) atoms. The van der Waals surface area contributed by atoms with Crippen molar-refractivity contribution < 1.29 is 8.42 Å². The molecule has 1 aromatic carbocycles. The van der Waals surface area contributed by atoms with Gasteiger partial charge in [-0.05, 0) is 29.5 Å². The molecule has 0 fully saturated rings. The molecule has 0 saturated heterocycles. The van der Waals surface area contributed by atoms with Crippen LogP contribution in [0.15, 0.2) is 29.2 Å². The second-order valence-corrected chi connectivity index (χ2v) is 8.66. The van der Waals surface area contributed by atoms with E-state index < -0.39 is 10.0 Å². The van der Waals surface area contributed by atoms with Crippen molar-refractivity contribution in [3.05, 3.63) is 29.8 Å². The summed E-state index contributed by atoms with van der Waals surface area (Å²) in [6.45, 7) is 11.5. The van der Waals surface area contributed by atoms with Crippen LogP contribution in [-0.2, 0) is 16.6 Å². The summed E-state index contributed by atoms with van der Waals surface area (Å²) in [5.74, 6) is 0. The molecule has 0 heterocycles. The highest BCUT2D eigenvalue weighted by Crippen LogP contribution is 2.18. The minimum atomic E-state index is -3.42. The van der Waals surface area contributed by atoms with Gasteiger partial charge in [-0.2, -0.15) is 0 Å². The predicted molar refractivity (Wildman–Crippen MR) is 87.7 cm³/mol. The molecule has 0 amide bonds. The maximum Gasteiger partial charge on any atom is 0.240 e. The Morgan fingerprint density at radius 2 is 1.86 bits per heavy atom. The van der Waals surface area contributed by atoms with Gasteiger partial charge in [-0.3, -0.25) is 0 Å². The summed E-state index contributed by atoms with van der Waals surface area (Å²) in [7, 11) is -3.42. The van der Waals surface area contributed by atoms with Crippen molar-refractivity contribution in [2.45, 2.75) is 58.5 Å². The van der Waals surface area contributed by atoms with Gasteiger partial charge in [-0.1, -0.05) is 46.8 Å². The lowest BCUT2D eigenvalue weighted by molar-refractivity contribution is 0.378. The summed E-state index contributed by atoms with van der Waals surface area (Å²) in [5.41, 5.74) is 1.09. The van der Waals surface area contributed by atoms with Crippen LogP contribution in [0.1, 0.15) is 46.6 Å². The molecule has 120 valence electrons. The molecule has 1 aromatic rings. The van der Waals surface area contributed by atoms with Crippen molar-refractivity contribution in [3.63, 3.8) is 0 Å². The third-order valence-corrected chi connectivity index (χ3v) is 4.55. The van der Waals surface area contributed by atoms with E-state index in [1.54, 1.807) is 18.2 Å². The topological polar surface area (TPSA) is 58.2 Å². The van der Waals surface area contributed by atoms with Gasteiger partial charge in [-0.15, -0.1) is 0 Å². The van der Waals surface area contributed by atoms with Gasteiger partial charge in [0, 0.05) is 19.1 Å².